The van der Waals surface area contributed by atoms with Crippen LogP contribution >= 0.6 is 12.2 Å². The monoisotopic (exact) mass is 482 g/mol. The molecule has 0 unspecified atom stereocenters. The molecule has 0 bridgehead atoms. The number of benzene rings is 2. The lowest BCUT2D eigenvalue weighted by atomic mass is 9.96. The lowest BCUT2D eigenvalue weighted by Gasteiger charge is -2.28. The van der Waals surface area contributed by atoms with Crippen LogP contribution in [0.2, 0.25) is 0 Å². The van der Waals surface area contributed by atoms with Crippen LogP contribution in [0.3, 0.4) is 0 Å². The Kier molecular flexibility index (Phi) is 6.07. The van der Waals surface area contributed by atoms with Gasteiger partial charge in [0.05, 0.1) is 17.8 Å². The summed E-state index contributed by atoms with van der Waals surface area (Å²) in [6, 6.07) is 24.1. The molecular weight excluding hydrogens is 452 g/mol. The molecule has 5 nitrogen and oxygen atoms in total. The summed E-state index contributed by atoms with van der Waals surface area (Å²) < 4.78 is 2.23. The van der Waals surface area contributed by atoms with E-state index in [1.54, 1.807) is 12.1 Å². The maximum atomic E-state index is 9.78. The number of pyridine rings is 1. The van der Waals surface area contributed by atoms with Gasteiger partial charge in [0.15, 0.2) is 5.11 Å². The lowest BCUT2D eigenvalue weighted by molar-refractivity contribution is 0.475. The highest BCUT2D eigenvalue weighted by Gasteiger charge is 2.42. The number of nitrogens with one attached hydrogen (secondary N) is 1. The van der Waals surface area contributed by atoms with Crippen molar-refractivity contribution < 1.29 is 5.11 Å². The number of hydrogen-bond acceptors (Lipinski definition) is 3. The maximum Gasteiger partial charge on any atom is 0.174 e. The van der Waals surface area contributed by atoms with Crippen LogP contribution in [0, 0.1) is 13.8 Å². The van der Waals surface area contributed by atoms with Gasteiger partial charge in [0.2, 0.25) is 0 Å². The zero-order valence-corrected chi connectivity index (χ0v) is 21.3. The molecule has 0 radical (unpaired) electrons. The van der Waals surface area contributed by atoms with E-state index < -0.39 is 0 Å². The molecule has 178 valence electrons. The van der Waals surface area contributed by atoms with E-state index in [-0.39, 0.29) is 17.8 Å². The summed E-state index contributed by atoms with van der Waals surface area (Å²) in [6.07, 6.45) is 1.83. The van der Waals surface area contributed by atoms with Gasteiger partial charge >= 0.3 is 0 Å². The Labute approximate surface area is 212 Å². The summed E-state index contributed by atoms with van der Waals surface area (Å²) in [5.41, 5.74) is 7.77. The molecule has 2 atom stereocenters. The van der Waals surface area contributed by atoms with Crippen molar-refractivity contribution in [1.29, 1.82) is 0 Å². The zero-order chi connectivity index (χ0) is 24.7. The fraction of sp³-hybridized carbons (Fsp3) is 0.241. The van der Waals surface area contributed by atoms with Crippen LogP contribution in [0.4, 0.5) is 5.69 Å². The normalized spacial score (nSPS) is 17.7. The second kappa shape index (κ2) is 9.19. The van der Waals surface area contributed by atoms with Crippen molar-refractivity contribution in [2.24, 2.45) is 0 Å². The van der Waals surface area contributed by atoms with Gasteiger partial charge in [-0.1, -0.05) is 32.0 Å². The summed E-state index contributed by atoms with van der Waals surface area (Å²) in [5.74, 6) is 0.724. The number of hydrogen-bond donors (Lipinski definition) is 2. The molecule has 1 aliphatic rings. The van der Waals surface area contributed by atoms with E-state index in [1.165, 1.54) is 11.1 Å². The third-order valence-electron chi connectivity index (χ3n) is 6.83. The van der Waals surface area contributed by atoms with Gasteiger partial charge < -0.3 is 19.9 Å². The highest BCUT2D eigenvalue weighted by molar-refractivity contribution is 7.80. The number of phenols is 1. The van der Waals surface area contributed by atoms with Crippen LogP contribution in [0.1, 0.15) is 60.1 Å². The van der Waals surface area contributed by atoms with E-state index in [0.717, 1.165) is 28.5 Å². The SMILES string of the molecule is Cc1cc([C@@H]2[C@@H](c3ccccn3)NC(=S)N2c2ccc(C(C)C)cc2)c(C)n1-c1ccc(O)cc1. The minimum absolute atomic E-state index is 0.0700. The van der Waals surface area contributed by atoms with Crippen LogP contribution in [0.5, 0.6) is 5.75 Å². The van der Waals surface area contributed by atoms with Gasteiger partial charge in [0.25, 0.3) is 0 Å². The highest BCUT2D eigenvalue weighted by Crippen LogP contribution is 2.44. The first-order valence-electron chi connectivity index (χ1n) is 11.9. The summed E-state index contributed by atoms with van der Waals surface area (Å²) >= 11 is 5.90. The minimum atomic E-state index is -0.0951. The minimum Gasteiger partial charge on any atom is -0.508 e. The molecule has 35 heavy (non-hydrogen) atoms. The summed E-state index contributed by atoms with van der Waals surface area (Å²) in [4.78, 5) is 6.90. The lowest BCUT2D eigenvalue weighted by Crippen LogP contribution is -2.29. The van der Waals surface area contributed by atoms with E-state index in [0.29, 0.717) is 11.0 Å². The van der Waals surface area contributed by atoms with Gasteiger partial charge in [0.1, 0.15) is 5.75 Å². The van der Waals surface area contributed by atoms with Crippen LogP contribution in [-0.2, 0) is 0 Å². The van der Waals surface area contributed by atoms with E-state index >= 15 is 0 Å². The average molecular weight is 483 g/mol. The summed E-state index contributed by atoms with van der Waals surface area (Å²) in [5, 5.41) is 14.0. The molecule has 1 saturated heterocycles. The van der Waals surface area contributed by atoms with Gasteiger partial charge in [-0.3, -0.25) is 4.98 Å². The topological polar surface area (TPSA) is 53.3 Å². The number of thiocarbonyl (C=S) groups is 1. The molecule has 2 aromatic carbocycles. The number of rotatable bonds is 5. The van der Waals surface area contributed by atoms with Crippen LogP contribution in [0.25, 0.3) is 5.69 Å². The first-order chi connectivity index (χ1) is 16.8. The number of aromatic nitrogens is 2. The molecule has 1 fully saturated rings. The smallest absolute Gasteiger partial charge is 0.174 e. The zero-order valence-electron chi connectivity index (χ0n) is 20.4. The second-order valence-corrected chi connectivity index (χ2v) is 9.81. The molecular formula is C29H30N4OS. The molecule has 2 aromatic heterocycles. The molecule has 0 saturated carbocycles. The van der Waals surface area contributed by atoms with Crippen molar-refractivity contribution >= 4 is 23.0 Å². The Bertz CT molecular complexity index is 1340. The first kappa shape index (κ1) is 23.1. The fourth-order valence-electron chi connectivity index (χ4n) is 5.05. The molecule has 5 rings (SSSR count). The molecule has 0 amide bonds. The van der Waals surface area contributed by atoms with E-state index in [4.69, 9.17) is 12.2 Å². The number of anilines is 1. The summed E-state index contributed by atoms with van der Waals surface area (Å²) in [7, 11) is 0. The van der Waals surface area contributed by atoms with E-state index in [9.17, 15) is 5.11 Å². The predicted octanol–water partition coefficient (Wildman–Crippen LogP) is 6.50. The standard InChI is InChI=1S/C29H30N4OS/c1-18(2)21-8-10-23(11-9-21)33-28(27(31-29(33)35)26-7-5-6-16-30-26)25-17-19(3)32(20(25)4)22-12-14-24(34)15-13-22/h5-18,27-28,34H,1-4H3,(H,31,35)/t27-,28-/m1/s1. The Balaban J connectivity index is 1.65. The van der Waals surface area contributed by atoms with Gasteiger partial charge in [0, 0.05) is 29.0 Å². The Morgan fingerprint density at radius 2 is 1.63 bits per heavy atom. The van der Waals surface area contributed by atoms with Crippen LogP contribution < -0.4 is 10.2 Å². The Hall–Kier alpha value is -3.64. The van der Waals surface area contributed by atoms with E-state index in [2.05, 4.69) is 83.9 Å². The average Bonchev–Trinajstić information content (AvgIpc) is 3.35. The van der Waals surface area contributed by atoms with Crippen molar-refractivity contribution in [1.82, 2.24) is 14.9 Å². The second-order valence-electron chi connectivity index (χ2n) is 9.42. The third kappa shape index (κ3) is 4.19. The number of nitrogens with zero attached hydrogens (tertiary/aromatic N) is 3. The van der Waals surface area contributed by atoms with Crippen molar-refractivity contribution in [3.63, 3.8) is 0 Å². The molecule has 1 aliphatic heterocycles. The number of aromatic hydroxyl groups is 1. The van der Waals surface area contributed by atoms with E-state index in [1.807, 2.05) is 30.5 Å². The van der Waals surface area contributed by atoms with Gasteiger partial charge in [-0.15, -0.1) is 0 Å². The van der Waals surface area contributed by atoms with Crippen molar-refractivity contribution in [3.05, 3.63) is 107 Å². The van der Waals surface area contributed by atoms with Crippen LogP contribution in [-0.4, -0.2) is 19.8 Å². The number of phenolic OH excluding ortho intramolecular Hbond substituents is 1. The Morgan fingerprint density at radius 3 is 2.26 bits per heavy atom. The molecule has 6 heteroatoms. The quantitative estimate of drug-likeness (QED) is 0.318. The largest absolute Gasteiger partial charge is 0.508 e. The van der Waals surface area contributed by atoms with Crippen molar-refractivity contribution in [2.45, 2.75) is 45.7 Å². The molecule has 3 heterocycles. The molecule has 0 aliphatic carbocycles. The van der Waals surface area contributed by atoms with Gasteiger partial charge in [-0.2, -0.15) is 0 Å². The third-order valence-corrected chi connectivity index (χ3v) is 7.15. The highest BCUT2D eigenvalue weighted by atomic mass is 32.1. The van der Waals surface area contributed by atoms with Crippen molar-refractivity contribution in [2.75, 3.05) is 4.90 Å². The summed E-state index contributed by atoms with van der Waals surface area (Å²) in [6.45, 7) is 8.66. The van der Waals surface area contributed by atoms with Crippen LogP contribution in [0.15, 0.2) is 79.0 Å². The predicted molar refractivity (Wildman–Crippen MR) is 145 cm³/mol. The Morgan fingerprint density at radius 1 is 0.943 bits per heavy atom. The van der Waals surface area contributed by atoms with Gasteiger partial charge in [-0.25, -0.2) is 0 Å². The fourth-order valence-corrected chi connectivity index (χ4v) is 5.40. The maximum absolute atomic E-state index is 9.78. The molecule has 2 N–H and O–H groups in total. The molecule has 0 spiro atoms. The first-order valence-corrected chi connectivity index (χ1v) is 12.3. The number of aryl methyl sites for hydroxylation is 1. The van der Waals surface area contributed by atoms with Gasteiger partial charge in [-0.05, 0) is 97.7 Å². The molecule has 4 aromatic rings. The van der Waals surface area contributed by atoms with Crippen molar-refractivity contribution in [3.8, 4) is 11.4 Å².